The summed E-state index contributed by atoms with van der Waals surface area (Å²) >= 11 is 0. The lowest BCUT2D eigenvalue weighted by Gasteiger charge is -2.37. The average Bonchev–Trinajstić information content (AvgIpc) is 3.01. The summed E-state index contributed by atoms with van der Waals surface area (Å²) < 4.78 is 0. The third kappa shape index (κ3) is 2.98. The fourth-order valence-electron chi connectivity index (χ4n) is 3.76. The first-order chi connectivity index (χ1) is 10.1. The van der Waals surface area contributed by atoms with Crippen molar-refractivity contribution in [3.8, 4) is 0 Å². The van der Waals surface area contributed by atoms with Gasteiger partial charge in [0, 0.05) is 12.5 Å². The lowest BCUT2D eigenvalue weighted by atomic mass is 9.69. The van der Waals surface area contributed by atoms with Gasteiger partial charge in [0.15, 0.2) is 0 Å². The van der Waals surface area contributed by atoms with Crippen LogP contribution in [0.5, 0.6) is 0 Å². The van der Waals surface area contributed by atoms with E-state index in [0.717, 1.165) is 32.4 Å². The Labute approximate surface area is 127 Å². The minimum Gasteiger partial charge on any atom is -0.354 e. The van der Waals surface area contributed by atoms with E-state index in [1.807, 2.05) is 0 Å². The Morgan fingerprint density at radius 2 is 2.14 bits per heavy atom. The molecule has 0 aromatic heterocycles. The van der Waals surface area contributed by atoms with Crippen LogP contribution in [0.25, 0.3) is 0 Å². The number of hydrogen-bond acceptors (Lipinski definition) is 2. The van der Waals surface area contributed by atoms with Gasteiger partial charge in [-0.05, 0) is 48.8 Å². The smallest absolute Gasteiger partial charge is 0.237 e. The van der Waals surface area contributed by atoms with Crippen molar-refractivity contribution >= 4 is 5.91 Å². The molecule has 1 aliphatic heterocycles. The largest absolute Gasteiger partial charge is 0.354 e. The molecule has 1 aromatic carbocycles. The monoisotopic (exact) mass is 286 g/mol. The van der Waals surface area contributed by atoms with Crippen LogP contribution in [0, 0.1) is 0 Å². The first-order valence-corrected chi connectivity index (χ1v) is 8.18. The molecule has 114 valence electrons. The summed E-state index contributed by atoms with van der Waals surface area (Å²) in [5.41, 5.74) is 3.13. The van der Waals surface area contributed by atoms with Gasteiger partial charge < -0.3 is 10.6 Å². The molecule has 0 bridgehead atoms. The van der Waals surface area contributed by atoms with Gasteiger partial charge in [0.25, 0.3) is 0 Å². The zero-order chi connectivity index (χ0) is 14.9. The van der Waals surface area contributed by atoms with Crippen molar-refractivity contribution in [2.24, 2.45) is 0 Å². The highest BCUT2D eigenvalue weighted by molar-refractivity contribution is 5.82. The Kier molecular flexibility index (Phi) is 4.03. The van der Waals surface area contributed by atoms with Crippen LogP contribution in [0.4, 0.5) is 0 Å². The van der Waals surface area contributed by atoms with Crippen molar-refractivity contribution in [1.82, 2.24) is 10.6 Å². The van der Waals surface area contributed by atoms with E-state index in [-0.39, 0.29) is 17.4 Å². The normalized spacial score (nSPS) is 27.1. The summed E-state index contributed by atoms with van der Waals surface area (Å²) in [5, 5.41) is 6.43. The van der Waals surface area contributed by atoms with E-state index >= 15 is 0 Å². The molecule has 0 saturated carbocycles. The third-order valence-corrected chi connectivity index (χ3v) is 5.15. The quantitative estimate of drug-likeness (QED) is 0.897. The molecule has 3 nitrogen and oxygen atoms in total. The average molecular weight is 286 g/mol. The van der Waals surface area contributed by atoms with Gasteiger partial charge in [0.2, 0.25) is 5.91 Å². The number of benzene rings is 1. The maximum Gasteiger partial charge on any atom is 0.237 e. The van der Waals surface area contributed by atoms with E-state index in [4.69, 9.17) is 0 Å². The Morgan fingerprint density at radius 1 is 1.33 bits per heavy atom. The van der Waals surface area contributed by atoms with E-state index < -0.39 is 0 Å². The van der Waals surface area contributed by atoms with Crippen LogP contribution < -0.4 is 10.6 Å². The molecule has 0 spiro atoms. The number of carbonyl (C=O) groups excluding carboxylic acids is 1. The fourth-order valence-corrected chi connectivity index (χ4v) is 3.76. The van der Waals surface area contributed by atoms with Crippen LogP contribution >= 0.6 is 0 Å². The second-order valence-corrected chi connectivity index (χ2v) is 7.10. The van der Waals surface area contributed by atoms with Gasteiger partial charge in [-0.2, -0.15) is 0 Å². The van der Waals surface area contributed by atoms with E-state index in [1.165, 1.54) is 17.5 Å². The van der Waals surface area contributed by atoms with Crippen LogP contribution in [0.3, 0.4) is 0 Å². The van der Waals surface area contributed by atoms with Gasteiger partial charge in [-0.25, -0.2) is 0 Å². The maximum atomic E-state index is 12.2. The molecule has 2 unspecified atom stereocenters. The predicted octanol–water partition coefficient (Wildman–Crippen LogP) is 2.71. The molecule has 2 aliphatic rings. The third-order valence-electron chi connectivity index (χ3n) is 5.15. The molecule has 1 saturated heterocycles. The van der Waals surface area contributed by atoms with Gasteiger partial charge in [0.05, 0.1) is 6.04 Å². The number of nitrogens with one attached hydrogen (secondary N) is 2. The molecule has 2 N–H and O–H groups in total. The molecular weight excluding hydrogens is 260 g/mol. The molecule has 0 radical (unpaired) electrons. The van der Waals surface area contributed by atoms with Crippen LogP contribution in [-0.2, 0) is 10.2 Å². The molecule has 1 amide bonds. The topological polar surface area (TPSA) is 41.1 Å². The summed E-state index contributed by atoms with van der Waals surface area (Å²) in [5.74, 6) is 0.634. The van der Waals surface area contributed by atoms with Gasteiger partial charge >= 0.3 is 0 Å². The summed E-state index contributed by atoms with van der Waals surface area (Å²) in [6.45, 7) is 6.38. The van der Waals surface area contributed by atoms with Gasteiger partial charge in [-0.1, -0.05) is 38.1 Å². The summed E-state index contributed by atoms with van der Waals surface area (Å²) in [7, 11) is 0. The van der Waals surface area contributed by atoms with Crippen LogP contribution in [0.1, 0.15) is 56.6 Å². The van der Waals surface area contributed by atoms with Crippen LogP contribution in [0.2, 0.25) is 0 Å². The second-order valence-electron chi connectivity index (χ2n) is 7.10. The highest BCUT2D eigenvalue weighted by atomic mass is 16.2. The zero-order valence-corrected chi connectivity index (χ0v) is 13.1. The molecule has 1 aliphatic carbocycles. The van der Waals surface area contributed by atoms with Crippen molar-refractivity contribution in [3.05, 3.63) is 35.4 Å². The Bertz CT molecular complexity index is 518. The van der Waals surface area contributed by atoms with Crippen LogP contribution in [-0.4, -0.2) is 25.0 Å². The van der Waals surface area contributed by atoms with Gasteiger partial charge in [-0.3, -0.25) is 4.79 Å². The van der Waals surface area contributed by atoms with Gasteiger partial charge in [-0.15, -0.1) is 0 Å². The van der Waals surface area contributed by atoms with E-state index in [0.29, 0.717) is 5.92 Å². The standard InChI is InChI=1S/C18H26N2O/c1-18(2)10-9-13(14-6-3-4-7-15(14)18)12-20-17(21)16-8-5-11-19-16/h3-4,6-7,13,16,19H,5,8-12H2,1-2H3,(H,20,21). The maximum absolute atomic E-state index is 12.2. The Balaban J connectivity index is 1.68. The van der Waals surface area contributed by atoms with Crippen molar-refractivity contribution in [2.45, 2.75) is 56.9 Å². The van der Waals surface area contributed by atoms with Crippen molar-refractivity contribution < 1.29 is 4.79 Å². The number of hydrogen-bond donors (Lipinski definition) is 2. The predicted molar refractivity (Wildman–Crippen MR) is 85.5 cm³/mol. The lowest BCUT2D eigenvalue weighted by Crippen LogP contribution is -2.42. The molecule has 3 rings (SSSR count). The molecule has 1 heterocycles. The van der Waals surface area contributed by atoms with E-state index in [9.17, 15) is 4.79 Å². The first-order valence-electron chi connectivity index (χ1n) is 8.18. The zero-order valence-electron chi connectivity index (χ0n) is 13.1. The lowest BCUT2D eigenvalue weighted by molar-refractivity contribution is -0.122. The first kappa shape index (κ1) is 14.6. The highest BCUT2D eigenvalue weighted by Gasteiger charge is 2.32. The fraction of sp³-hybridized carbons (Fsp3) is 0.611. The molecule has 1 aromatic rings. The molecular formula is C18H26N2O. The van der Waals surface area contributed by atoms with Crippen LogP contribution in [0.15, 0.2) is 24.3 Å². The molecule has 21 heavy (non-hydrogen) atoms. The van der Waals surface area contributed by atoms with E-state index in [1.54, 1.807) is 0 Å². The minimum atomic E-state index is 0.0280. The number of carbonyl (C=O) groups is 1. The van der Waals surface area contributed by atoms with Crippen molar-refractivity contribution in [1.29, 1.82) is 0 Å². The molecule has 3 heteroatoms. The second kappa shape index (κ2) is 5.80. The minimum absolute atomic E-state index is 0.0280. The van der Waals surface area contributed by atoms with E-state index in [2.05, 4.69) is 48.7 Å². The van der Waals surface area contributed by atoms with Gasteiger partial charge in [0.1, 0.15) is 0 Å². The summed E-state index contributed by atoms with van der Waals surface area (Å²) in [6.07, 6.45) is 4.42. The van der Waals surface area contributed by atoms with Crippen molar-refractivity contribution in [2.75, 3.05) is 13.1 Å². The Hall–Kier alpha value is -1.35. The molecule has 2 atom stereocenters. The number of rotatable bonds is 3. The highest BCUT2D eigenvalue weighted by Crippen LogP contribution is 2.42. The number of amides is 1. The number of fused-ring (bicyclic) bond motifs is 1. The van der Waals surface area contributed by atoms with Crippen molar-refractivity contribution in [3.63, 3.8) is 0 Å². The summed E-state index contributed by atoms with van der Waals surface area (Å²) in [6, 6.07) is 8.76. The molecule has 1 fully saturated rings. The Morgan fingerprint density at radius 3 is 2.90 bits per heavy atom. The summed E-state index contributed by atoms with van der Waals surface area (Å²) in [4.78, 5) is 12.2. The SMILES string of the molecule is CC1(C)CCC(CNC(=O)C2CCCN2)c2ccccc21.